The quantitative estimate of drug-likeness (QED) is 0.683. The average molecular weight is 254 g/mol. The topological polar surface area (TPSA) is 12.0 Å². The van der Waals surface area contributed by atoms with Crippen molar-refractivity contribution in [2.75, 3.05) is 6.54 Å². The van der Waals surface area contributed by atoms with Gasteiger partial charge in [0.1, 0.15) is 0 Å². The third-order valence-electron chi connectivity index (χ3n) is 3.01. The van der Waals surface area contributed by atoms with Gasteiger partial charge >= 0.3 is 0 Å². The Labute approximate surface area is 111 Å². The Morgan fingerprint density at radius 3 is 2.53 bits per heavy atom. The molecule has 1 rings (SSSR count). The Balaban J connectivity index is 2.73. The van der Waals surface area contributed by atoms with Crippen molar-refractivity contribution < 1.29 is 0 Å². The molecule has 0 amide bonds. The second-order valence-corrected chi connectivity index (χ2v) is 5.10. The van der Waals surface area contributed by atoms with Crippen LogP contribution in [0.5, 0.6) is 0 Å². The lowest BCUT2D eigenvalue weighted by atomic mass is 9.99. The average Bonchev–Trinajstić information content (AvgIpc) is 2.27. The van der Waals surface area contributed by atoms with Gasteiger partial charge in [-0.3, -0.25) is 0 Å². The molecule has 0 saturated carbocycles. The van der Waals surface area contributed by atoms with Crippen LogP contribution in [0.15, 0.2) is 18.2 Å². The second-order valence-electron chi connectivity index (χ2n) is 4.67. The molecule has 0 aliphatic heterocycles. The maximum atomic E-state index is 6.13. The highest BCUT2D eigenvalue weighted by atomic mass is 35.5. The number of aryl methyl sites for hydroxylation is 1. The molecule has 96 valence electrons. The molecule has 1 aromatic rings. The SMILES string of the molecule is CCCCCC(NCC)c1cc(C)cc(Cl)c1. The fraction of sp³-hybridized carbons (Fsp3) is 0.600. The molecule has 0 radical (unpaired) electrons. The van der Waals surface area contributed by atoms with Crippen molar-refractivity contribution in [1.82, 2.24) is 5.32 Å². The van der Waals surface area contributed by atoms with E-state index in [9.17, 15) is 0 Å². The fourth-order valence-corrected chi connectivity index (χ4v) is 2.50. The lowest BCUT2D eigenvalue weighted by molar-refractivity contribution is 0.486. The van der Waals surface area contributed by atoms with E-state index in [1.165, 1.54) is 36.8 Å². The van der Waals surface area contributed by atoms with Gasteiger partial charge in [-0.05, 0) is 43.1 Å². The Morgan fingerprint density at radius 1 is 1.18 bits per heavy atom. The van der Waals surface area contributed by atoms with Gasteiger partial charge in [-0.15, -0.1) is 0 Å². The number of hydrogen-bond acceptors (Lipinski definition) is 1. The molecule has 0 aliphatic carbocycles. The number of rotatable bonds is 7. The highest BCUT2D eigenvalue weighted by Crippen LogP contribution is 2.24. The van der Waals surface area contributed by atoms with E-state index in [-0.39, 0.29) is 0 Å². The first kappa shape index (κ1) is 14.5. The van der Waals surface area contributed by atoms with E-state index in [1.54, 1.807) is 0 Å². The van der Waals surface area contributed by atoms with Crippen LogP contribution in [-0.2, 0) is 0 Å². The van der Waals surface area contributed by atoms with Gasteiger partial charge in [0.05, 0.1) is 0 Å². The molecule has 1 atom stereocenters. The van der Waals surface area contributed by atoms with Crippen LogP contribution in [0.3, 0.4) is 0 Å². The maximum Gasteiger partial charge on any atom is 0.0411 e. The summed E-state index contributed by atoms with van der Waals surface area (Å²) in [6, 6.07) is 6.79. The summed E-state index contributed by atoms with van der Waals surface area (Å²) in [6.07, 6.45) is 5.05. The van der Waals surface area contributed by atoms with Crippen molar-refractivity contribution in [3.05, 3.63) is 34.3 Å². The molecule has 0 fully saturated rings. The molecule has 1 unspecified atom stereocenters. The number of unbranched alkanes of at least 4 members (excludes halogenated alkanes) is 2. The predicted molar refractivity (Wildman–Crippen MR) is 76.7 cm³/mol. The maximum absolute atomic E-state index is 6.13. The lowest BCUT2D eigenvalue weighted by Crippen LogP contribution is -2.21. The minimum Gasteiger partial charge on any atom is -0.310 e. The third-order valence-corrected chi connectivity index (χ3v) is 3.23. The Hall–Kier alpha value is -0.530. The van der Waals surface area contributed by atoms with Gasteiger partial charge < -0.3 is 5.32 Å². The Bertz CT molecular complexity index is 315. The summed E-state index contributed by atoms with van der Waals surface area (Å²) in [5, 5.41) is 4.40. The first-order valence-corrected chi connectivity index (χ1v) is 7.05. The van der Waals surface area contributed by atoms with Crippen LogP contribution in [0.25, 0.3) is 0 Å². The molecule has 2 heteroatoms. The van der Waals surface area contributed by atoms with E-state index in [2.05, 4.69) is 38.2 Å². The first-order valence-electron chi connectivity index (χ1n) is 6.67. The van der Waals surface area contributed by atoms with Gasteiger partial charge in [-0.25, -0.2) is 0 Å². The molecule has 1 aromatic carbocycles. The molecule has 0 spiro atoms. The minimum absolute atomic E-state index is 0.448. The number of hydrogen-bond donors (Lipinski definition) is 1. The summed E-state index contributed by atoms with van der Waals surface area (Å²) in [6.45, 7) is 7.50. The van der Waals surface area contributed by atoms with E-state index in [0.29, 0.717) is 6.04 Å². The zero-order chi connectivity index (χ0) is 12.7. The number of halogens is 1. The van der Waals surface area contributed by atoms with Gasteiger partial charge in [0.25, 0.3) is 0 Å². The summed E-state index contributed by atoms with van der Waals surface area (Å²) in [5.74, 6) is 0. The van der Waals surface area contributed by atoms with Crippen LogP contribution in [0.4, 0.5) is 0 Å². The van der Waals surface area contributed by atoms with E-state index >= 15 is 0 Å². The number of benzene rings is 1. The molecule has 0 bridgehead atoms. The van der Waals surface area contributed by atoms with Gasteiger partial charge in [-0.1, -0.05) is 50.8 Å². The summed E-state index contributed by atoms with van der Waals surface area (Å²) in [5.41, 5.74) is 2.57. The number of nitrogens with one attached hydrogen (secondary N) is 1. The fourth-order valence-electron chi connectivity index (χ4n) is 2.20. The van der Waals surface area contributed by atoms with Crippen LogP contribution in [0, 0.1) is 6.92 Å². The highest BCUT2D eigenvalue weighted by Gasteiger charge is 2.10. The van der Waals surface area contributed by atoms with Crippen molar-refractivity contribution in [3.8, 4) is 0 Å². The summed E-state index contributed by atoms with van der Waals surface area (Å²) < 4.78 is 0. The summed E-state index contributed by atoms with van der Waals surface area (Å²) in [7, 11) is 0. The zero-order valence-electron chi connectivity index (χ0n) is 11.2. The molecule has 1 nitrogen and oxygen atoms in total. The standard InChI is InChI=1S/C15H24ClN/c1-4-6-7-8-15(17-5-2)13-9-12(3)10-14(16)11-13/h9-11,15,17H,4-8H2,1-3H3. The monoisotopic (exact) mass is 253 g/mol. The zero-order valence-corrected chi connectivity index (χ0v) is 12.0. The van der Waals surface area contributed by atoms with E-state index in [1.807, 2.05) is 6.07 Å². The normalized spacial score (nSPS) is 12.7. The van der Waals surface area contributed by atoms with Crippen molar-refractivity contribution in [1.29, 1.82) is 0 Å². The van der Waals surface area contributed by atoms with Crippen LogP contribution in [0.1, 0.15) is 56.7 Å². The third kappa shape index (κ3) is 5.10. The van der Waals surface area contributed by atoms with Crippen molar-refractivity contribution in [2.24, 2.45) is 0 Å². The van der Waals surface area contributed by atoms with E-state index in [4.69, 9.17) is 11.6 Å². The second kappa shape index (κ2) is 7.73. The Kier molecular flexibility index (Phi) is 6.61. The first-order chi connectivity index (χ1) is 8.17. The molecule has 1 N–H and O–H groups in total. The van der Waals surface area contributed by atoms with Gasteiger partial charge in [0.2, 0.25) is 0 Å². The van der Waals surface area contributed by atoms with Crippen LogP contribution < -0.4 is 5.32 Å². The van der Waals surface area contributed by atoms with Gasteiger partial charge in [-0.2, -0.15) is 0 Å². The van der Waals surface area contributed by atoms with Gasteiger partial charge in [0.15, 0.2) is 0 Å². The van der Waals surface area contributed by atoms with Crippen molar-refractivity contribution in [3.63, 3.8) is 0 Å². The highest BCUT2D eigenvalue weighted by molar-refractivity contribution is 6.30. The Morgan fingerprint density at radius 2 is 1.94 bits per heavy atom. The molecule has 0 heterocycles. The van der Waals surface area contributed by atoms with E-state index < -0.39 is 0 Å². The van der Waals surface area contributed by atoms with Crippen molar-refractivity contribution in [2.45, 2.75) is 52.5 Å². The molecule has 17 heavy (non-hydrogen) atoms. The minimum atomic E-state index is 0.448. The molecular weight excluding hydrogens is 230 g/mol. The van der Waals surface area contributed by atoms with Crippen LogP contribution in [-0.4, -0.2) is 6.54 Å². The predicted octanol–water partition coefficient (Wildman–Crippen LogP) is 4.88. The lowest BCUT2D eigenvalue weighted by Gasteiger charge is -2.19. The van der Waals surface area contributed by atoms with E-state index in [0.717, 1.165) is 11.6 Å². The molecule has 0 aliphatic rings. The van der Waals surface area contributed by atoms with Gasteiger partial charge in [0, 0.05) is 11.1 Å². The summed E-state index contributed by atoms with van der Waals surface area (Å²) in [4.78, 5) is 0. The smallest absolute Gasteiger partial charge is 0.0411 e. The van der Waals surface area contributed by atoms with Crippen LogP contribution in [0.2, 0.25) is 5.02 Å². The molecule has 0 aromatic heterocycles. The molecular formula is C15H24ClN. The van der Waals surface area contributed by atoms with Crippen molar-refractivity contribution >= 4 is 11.6 Å². The van der Waals surface area contributed by atoms with Crippen LogP contribution >= 0.6 is 11.6 Å². The summed E-state index contributed by atoms with van der Waals surface area (Å²) >= 11 is 6.13. The molecule has 0 saturated heterocycles. The largest absolute Gasteiger partial charge is 0.310 e.